The normalized spacial score (nSPS) is 10.9. The lowest BCUT2D eigenvalue weighted by Crippen LogP contribution is -2.26. The lowest BCUT2D eigenvalue weighted by atomic mass is 10.1. The second kappa shape index (κ2) is 9.91. The van der Waals surface area contributed by atoms with Crippen molar-refractivity contribution < 1.29 is 22.7 Å². The van der Waals surface area contributed by atoms with E-state index in [1.165, 1.54) is 30.3 Å². The molecule has 7 nitrogen and oxygen atoms in total. The quantitative estimate of drug-likeness (QED) is 0.592. The Labute approximate surface area is 165 Å². The van der Waals surface area contributed by atoms with Crippen molar-refractivity contribution in [1.29, 1.82) is 0 Å². The third-order valence-electron chi connectivity index (χ3n) is 3.99. The van der Waals surface area contributed by atoms with E-state index in [2.05, 4.69) is 16.6 Å². The summed E-state index contributed by atoms with van der Waals surface area (Å²) in [4.78, 5) is 12.4. The summed E-state index contributed by atoms with van der Waals surface area (Å²) in [7, 11) is -0.463. The average Bonchev–Trinajstić information content (AvgIpc) is 2.72. The van der Waals surface area contributed by atoms with E-state index in [-0.39, 0.29) is 17.3 Å². The molecular weight excluding hydrogens is 380 g/mol. The Morgan fingerprint density at radius 1 is 1.07 bits per heavy atom. The average molecular weight is 404 g/mol. The largest absolute Gasteiger partial charge is 0.493 e. The number of methoxy groups -OCH3 is 2. The molecular formula is C20H24N2O5S. The molecule has 28 heavy (non-hydrogen) atoms. The van der Waals surface area contributed by atoms with Crippen LogP contribution in [0.3, 0.4) is 0 Å². The van der Waals surface area contributed by atoms with E-state index in [4.69, 9.17) is 9.47 Å². The molecule has 0 unspecified atom stereocenters. The van der Waals surface area contributed by atoms with E-state index < -0.39 is 10.0 Å². The monoisotopic (exact) mass is 404 g/mol. The number of hydrogen-bond donors (Lipinski definition) is 2. The third-order valence-corrected chi connectivity index (χ3v) is 5.43. The van der Waals surface area contributed by atoms with Gasteiger partial charge in [0.15, 0.2) is 11.5 Å². The molecule has 2 aromatic rings. The van der Waals surface area contributed by atoms with Gasteiger partial charge in [-0.2, -0.15) is 0 Å². The SMILES string of the molecule is C=CCNS(=O)(=O)c1ccc(C(=O)NCCc2ccc(OC)c(OC)c2)cc1. The lowest BCUT2D eigenvalue weighted by Gasteiger charge is -2.10. The Morgan fingerprint density at radius 2 is 1.75 bits per heavy atom. The first-order valence-electron chi connectivity index (χ1n) is 8.61. The molecule has 0 spiro atoms. The van der Waals surface area contributed by atoms with Crippen molar-refractivity contribution in [3.8, 4) is 11.5 Å². The maximum Gasteiger partial charge on any atom is 0.251 e. The van der Waals surface area contributed by atoms with Crippen molar-refractivity contribution >= 4 is 15.9 Å². The van der Waals surface area contributed by atoms with Crippen LogP contribution in [0.5, 0.6) is 11.5 Å². The molecule has 1 amide bonds. The summed E-state index contributed by atoms with van der Waals surface area (Å²) in [5.41, 5.74) is 1.38. The Morgan fingerprint density at radius 3 is 2.36 bits per heavy atom. The molecule has 8 heteroatoms. The van der Waals surface area contributed by atoms with Crippen molar-refractivity contribution in [2.45, 2.75) is 11.3 Å². The fourth-order valence-corrected chi connectivity index (χ4v) is 3.49. The molecule has 0 fully saturated rings. The second-order valence-corrected chi connectivity index (χ2v) is 7.63. The standard InChI is InChI=1S/C20H24N2O5S/c1-4-12-22-28(24,25)17-8-6-16(7-9-17)20(23)21-13-11-15-5-10-18(26-2)19(14-15)27-3/h4-10,14,22H,1,11-13H2,2-3H3,(H,21,23). The molecule has 0 bridgehead atoms. The number of ether oxygens (including phenoxy) is 2. The lowest BCUT2D eigenvalue weighted by molar-refractivity contribution is 0.0954. The summed E-state index contributed by atoms with van der Waals surface area (Å²) >= 11 is 0. The van der Waals surface area contributed by atoms with Gasteiger partial charge >= 0.3 is 0 Å². The Kier molecular flexibility index (Phi) is 7.60. The molecule has 0 aromatic heterocycles. The van der Waals surface area contributed by atoms with Crippen LogP contribution in [0, 0.1) is 0 Å². The maximum atomic E-state index is 12.3. The molecule has 0 aliphatic heterocycles. The first-order chi connectivity index (χ1) is 13.4. The molecule has 0 aliphatic carbocycles. The summed E-state index contributed by atoms with van der Waals surface area (Å²) in [5.74, 6) is 1.00. The van der Waals surface area contributed by atoms with E-state index in [0.29, 0.717) is 30.0 Å². The van der Waals surface area contributed by atoms with Gasteiger partial charge in [-0.05, 0) is 48.4 Å². The van der Waals surface area contributed by atoms with Gasteiger partial charge in [0.2, 0.25) is 10.0 Å². The fraction of sp³-hybridized carbons (Fsp3) is 0.250. The number of carbonyl (C=O) groups excluding carboxylic acids is 1. The molecule has 150 valence electrons. The van der Waals surface area contributed by atoms with Gasteiger partial charge in [-0.25, -0.2) is 13.1 Å². The van der Waals surface area contributed by atoms with E-state index >= 15 is 0 Å². The van der Waals surface area contributed by atoms with Crippen LogP contribution in [-0.2, 0) is 16.4 Å². The van der Waals surface area contributed by atoms with E-state index in [9.17, 15) is 13.2 Å². The highest BCUT2D eigenvalue weighted by atomic mass is 32.2. The van der Waals surface area contributed by atoms with Crippen molar-refractivity contribution in [3.05, 3.63) is 66.2 Å². The Hall–Kier alpha value is -2.84. The van der Waals surface area contributed by atoms with Crippen LogP contribution in [0.25, 0.3) is 0 Å². The predicted octanol–water partition coefficient (Wildman–Crippen LogP) is 2.14. The summed E-state index contributed by atoms with van der Waals surface area (Å²) in [6, 6.07) is 11.3. The minimum Gasteiger partial charge on any atom is -0.493 e. The highest BCUT2D eigenvalue weighted by molar-refractivity contribution is 7.89. The van der Waals surface area contributed by atoms with Crippen molar-refractivity contribution in [1.82, 2.24) is 10.0 Å². The zero-order valence-corrected chi connectivity index (χ0v) is 16.7. The third kappa shape index (κ3) is 5.58. The van der Waals surface area contributed by atoms with Crippen LogP contribution in [0.15, 0.2) is 60.0 Å². The van der Waals surface area contributed by atoms with E-state index in [0.717, 1.165) is 5.56 Å². The first kappa shape index (κ1) is 21.5. The van der Waals surface area contributed by atoms with Gasteiger partial charge in [-0.3, -0.25) is 4.79 Å². The minimum absolute atomic E-state index is 0.0937. The predicted molar refractivity (Wildman–Crippen MR) is 107 cm³/mol. The number of amides is 1. The topological polar surface area (TPSA) is 93.7 Å². The molecule has 0 atom stereocenters. The van der Waals surface area contributed by atoms with Crippen molar-refractivity contribution in [2.75, 3.05) is 27.3 Å². The number of sulfonamides is 1. The van der Waals surface area contributed by atoms with Crippen LogP contribution < -0.4 is 19.5 Å². The number of hydrogen-bond acceptors (Lipinski definition) is 5. The summed E-state index contributed by atoms with van der Waals surface area (Å²) < 4.78 is 36.9. The Balaban J connectivity index is 1.94. The van der Waals surface area contributed by atoms with Crippen LogP contribution in [-0.4, -0.2) is 41.6 Å². The fourth-order valence-electron chi connectivity index (χ4n) is 2.50. The van der Waals surface area contributed by atoms with Gasteiger partial charge in [0, 0.05) is 18.7 Å². The van der Waals surface area contributed by atoms with Gasteiger partial charge < -0.3 is 14.8 Å². The maximum absolute atomic E-state index is 12.3. The first-order valence-corrected chi connectivity index (χ1v) is 10.1. The van der Waals surface area contributed by atoms with Gasteiger partial charge in [-0.15, -0.1) is 6.58 Å². The molecule has 0 aliphatic rings. The number of carbonyl (C=O) groups is 1. The number of nitrogens with one attached hydrogen (secondary N) is 2. The van der Waals surface area contributed by atoms with E-state index in [1.807, 2.05) is 18.2 Å². The van der Waals surface area contributed by atoms with Crippen molar-refractivity contribution in [2.24, 2.45) is 0 Å². The van der Waals surface area contributed by atoms with Gasteiger partial charge in [-0.1, -0.05) is 12.1 Å². The summed E-state index contributed by atoms with van der Waals surface area (Å²) in [5, 5.41) is 2.82. The molecule has 0 heterocycles. The molecule has 0 radical (unpaired) electrons. The minimum atomic E-state index is -3.61. The zero-order valence-electron chi connectivity index (χ0n) is 15.9. The highest BCUT2D eigenvalue weighted by Gasteiger charge is 2.14. The summed E-state index contributed by atoms with van der Waals surface area (Å²) in [6.45, 7) is 4.04. The van der Waals surface area contributed by atoms with Crippen LogP contribution in [0.4, 0.5) is 0 Å². The van der Waals surface area contributed by atoms with Crippen LogP contribution in [0.1, 0.15) is 15.9 Å². The van der Waals surface area contributed by atoms with E-state index in [1.54, 1.807) is 14.2 Å². The molecule has 2 N–H and O–H groups in total. The second-order valence-electron chi connectivity index (χ2n) is 5.86. The number of benzene rings is 2. The molecule has 0 saturated heterocycles. The van der Waals surface area contributed by atoms with Gasteiger partial charge in [0.1, 0.15) is 0 Å². The van der Waals surface area contributed by atoms with Gasteiger partial charge in [0.05, 0.1) is 19.1 Å². The highest BCUT2D eigenvalue weighted by Crippen LogP contribution is 2.27. The molecule has 2 rings (SSSR count). The Bertz CT molecular complexity index is 924. The molecule has 0 saturated carbocycles. The summed E-state index contributed by atoms with van der Waals surface area (Å²) in [6.07, 6.45) is 2.07. The van der Waals surface area contributed by atoms with Gasteiger partial charge in [0.25, 0.3) is 5.91 Å². The van der Waals surface area contributed by atoms with Crippen LogP contribution in [0.2, 0.25) is 0 Å². The molecule has 2 aromatic carbocycles. The number of rotatable bonds is 10. The van der Waals surface area contributed by atoms with Crippen LogP contribution >= 0.6 is 0 Å². The van der Waals surface area contributed by atoms with Crippen molar-refractivity contribution in [3.63, 3.8) is 0 Å². The smallest absolute Gasteiger partial charge is 0.251 e. The zero-order chi connectivity index (χ0) is 20.6.